The summed E-state index contributed by atoms with van der Waals surface area (Å²) in [6.07, 6.45) is 1.79. The first-order valence-corrected chi connectivity index (χ1v) is 7.83. The van der Waals surface area contributed by atoms with E-state index in [-0.39, 0.29) is 0 Å². The minimum Gasteiger partial charge on any atom is -0.288 e. The lowest BCUT2D eigenvalue weighted by atomic mass is 10.4. The van der Waals surface area contributed by atoms with Crippen LogP contribution in [0.25, 0.3) is 0 Å². The smallest absolute Gasteiger partial charge is 0.230 e. The van der Waals surface area contributed by atoms with Crippen LogP contribution in [-0.4, -0.2) is 14.9 Å². The van der Waals surface area contributed by atoms with Gasteiger partial charge in [0.05, 0.1) is 0 Å². The molecule has 0 rings (SSSR count). The SMILES string of the molecule is O=[C]C(Br)(Br)C(Br)(Br)C(Br)(Br)Br. The molecule has 12 heavy (non-hydrogen) atoms. The largest absolute Gasteiger partial charge is 0.288 e. The monoisotopic (exact) mass is 616 g/mol. The molecule has 0 aromatic rings. The van der Waals surface area contributed by atoms with Crippen molar-refractivity contribution in [3.63, 3.8) is 0 Å². The predicted molar refractivity (Wildman–Crippen MR) is 76.4 cm³/mol. The molecule has 0 atom stereocenters. The zero-order valence-electron chi connectivity index (χ0n) is 5.05. The Kier molecular flexibility index (Phi) is 6.15. The third-order valence-corrected chi connectivity index (χ3v) is 11.9. The van der Waals surface area contributed by atoms with Crippen molar-refractivity contribution < 1.29 is 4.79 Å². The van der Waals surface area contributed by atoms with Gasteiger partial charge in [-0.1, -0.05) is 112 Å². The molecular weight excluding hydrogens is 623 g/mol. The van der Waals surface area contributed by atoms with Gasteiger partial charge in [0.25, 0.3) is 0 Å². The van der Waals surface area contributed by atoms with E-state index in [1.54, 1.807) is 6.29 Å². The van der Waals surface area contributed by atoms with Crippen LogP contribution >= 0.6 is 112 Å². The molecule has 0 aromatic heterocycles. The average Bonchev–Trinajstić information content (AvgIpc) is 1.85. The lowest BCUT2D eigenvalue weighted by Gasteiger charge is -2.36. The summed E-state index contributed by atoms with van der Waals surface area (Å²) in [4.78, 5) is 10.6. The van der Waals surface area contributed by atoms with Crippen LogP contribution in [0.5, 0.6) is 0 Å². The van der Waals surface area contributed by atoms with Gasteiger partial charge in [-0.3, -0.25) is 4.79 Å². The Bertz CT molecular complexity index is 180. The molecule has 0 heterocycles. The van der Waals surface area contributed by atoms with E-state index in [2.05, 4.69) is 112 Å². The Balaban J connectivity index is 4.97. The van der Waals surface area contributed by atoms with Crippen molar-refractivity contribution in [1.29, 1.82) is 0 Å². The summed E-state index contributed by atoms with van der Waals surface area (Å²) in [6, 6.07) is 0. The third kappa shape index (κ3) is 3.27. The molecule has 0 unspecified atom stereocenters. The van der Waals surface area contributed by atoms with E-state index in [1.807, 2.05) is 0 Å². The van der Waals surface area contributed by atoms with Gasteiger partial charge < -0.3 is 0 Å². The summed E-state index contributed by atoms with van der Waals surface area (Å²) in [7, 11) is 0. The highest BCUT2D eigenvalue weighted by Gasteiger charge is 2.57. The van der Waals surface area contributed by atoms with Crippen LogP contribution in [0.1, 0.15) is 0 Å². The molecule has 0 fully saturated rings. The maximum atomic E-state index is 10.6. The van der Waals surface area contributed by atoms with E-state index >= 15 is 0 Å². The summed E-state index contributed by atoms with van der Waals surface area (Å²) in [5.74, 6) is 0. The number of hydrogen-bond acceptors (Lipinski definition) is 1. The molecule has 1 nitrogen and oxygen atoms in total. The summed E-state index contributed by atoms with van der Waals surface area (Å²) in [5.41, 5.74) is 0. The summed E-state index contributed by atoms with van der Waals surface area (Å²) >= 11 is 22.7. The fraction of sp³-hybridized carbons (Fsp3) is 0.750. The van der Waals surface area contributed by atoms with E-state index < -0.39 is 8.61 Å². The molecule has 0 saturated heterocycles. The van der Waals surface area contributed by atoms with Crippen LogP contribution in [-0.2, 0) is 4.79 Å². The highest BCUT2D eigenvalue weighted by molar-refractivity contribution is 9.42. The molecular formula is C4Br7O. The van der Waals surface area contributed by atoms with Gasteiger partial charge in [-0.15, -0.1) is 0 Å². The molecule has 1 radical (unpaired) electrons. The highest BCUT2D eigenvalue weighted by atomic mass is 80.0. The molecule has 0 aliphatic carbocycles. The molecule has 0 saturated carbocycles. The Hall–Kier alpha value is 3.03. The Labute approximate surface area is 129 Å². The van der Waals surface area contributed by atoms with Gasteiger partial charge in [0.15, 0.2) is 5.38 Å². The van der Waals surface area contributed by atoms with Crippen molar-refractivity contribution in [2.75, 3.05) is 0 Å². The van der Waals surface area contributed by atoms with Crippen LogP contribution in [0.3, 0.4) is 0 Å². The minimum atomic E-state index is -1.07. The van der Waals surface area contributed by atoms with Crippen LogP contribution in [0.2, 0.25) is 0 Å². The third-order valence-electron chi connectivity index (χ3n) is 0.879. The first-order chi connectivity index (χ1) is 5.06. The zero-order valence-corrected chi connectivity index (χ0v) is 16.2. The van der Waals surface area contributed by atoms with Gasteiger partial charge in [-0.25, -0.2) is 0 Å². The van der Waals surface area contributed by atoms with Crippen molar-refractivity contribution in [3.05, 3.63) is 0 Å². The molecule has 0 aliphatic rings. The zero-order chi connectivity index (χ0) is 10.2. The number of alkyl halides is 7. The molecule has 0 aromatic carbocycles. The highest BCUT2D eigenvalue weighted by Crippen LogP contribution is 2.61. The van der Waals surface area contributed by atoms with Crippen molar-refractivity contribution >= 4 is 118 Å². The maximum absolute atomic E-state index is 10.6. The predicted octanol–water partition coefficient (Wildman–Crippen LogP) is 4.91. The molecule has 71 valence electrons. The van der Waals surface area contributed by atoms with E-state index in [9.17, 15) is 4.79 Å². The van der Waals surface area contributed by atoms with E-state index in [0.29, 0.717) is 0 Å². The van der Waals surface area contributed by atoms with Crippen LogP contribution < -0.4 is 0 Å². The van der Waals surface area contributed by atoms with Crippen molar-refractivity contribution in [2.24, 2.45) is 0 Å². The van der Waals surface area contributed by atoms with Gasteiger partial charge in [-0.2, -0.15) is 0 Å². The topological polar surface area (TPSA) is 17.1 Å². The first kappa shape index (κ1) is 15.0. The number of halogens is 7. The van der Waals surface area contributed by atoms with Gasteiger partial charge in [0.1, 0.15) is 3.23 Å². The van der Waals surface area contributed by atoms with E-state index in [1.165, 1.54) is 0 Å². The van der Waals surface area contributed by atoms with E-state index in [0.717, 1.165) is 0 Å². The minimum absolute atomic E-state index is 0.704. The maximum Gasteiger partial charge on any atom is 0.230 e. The second kappa shape index (κ2) is 4.91. The lowest BCUT2D eigenvalue weighted by molar-refractivity contribution is 0.549. The standard InChI is InChI=1S/C4Br7O/c5-2(6,1-12)3(7,8)4(9,10)11. The number of carbonyl (C=O) groups excluding carboxylic acids is 1. The fourth-order valence-electron chi connectivity index (χ4n) is 0.242. The Morgan fingerprint density at radius 3 is 1.25 bits per heavy atom. The second-order valence-electron chi connectivity index (χ2n) is 1.75. The van der Waals surface area contributed by atoms with Crippen LogP contribution in [0.15, 0.2) is 0 Å². The van der Waals surface area contributed by atoms with Gasteiger partial charge >= 0.3 is 0 Å². The molecule has 0 amide bonds. The lowest BCUT2D eigenvalue weighted by Crippen LogP contribution is -2.45. The Morgan fingerprint density at radius 2 is 1.17 bits per heavy atom. The first-order valence-electron chi connectivity index (χ1n) is 2.28. The molecule has 8 heteroatoms. The van der Waals surface area contributed by atoms with Crippen LogP contribution in [0, 0.1) is 0 Å². The van der Waals surface area contributed by atoms with Crippen molar-refractivity contribution in [2.45, 2.75) is 8.61 Å². The van der Waals surface area contributed by atoms with Crippen molar-refractivity contribution in [1.82, 2.24) is 0 Å². The van der Waals surface area contributed by atoms with E-state index in [4.69, 9.17) is 0 Å². The molecule has 0 spiro atoms. The van der Waals surface area contributed by atoms with Crippen LogP contribution in [0.4, 0.5) is 0 Å². The summed E-state index contributed by atoms with van der Waals surface area (Å²) in [6.45, 7) is 0. The summed E-state index contributed by atoms with van der Waals surface area (Å²) in [5, 5.41) is 0. The fourth-order valence-corrected chi connectivity index (χ4v) is 3.49. The number of rotatable bonds is 2. The summed E-state index contributed by atoms with van der Waals surface area (Å²) < 4.78 is -2.60. The normalized spacial score (nSPS) is 14.6. The second-order valence-corrected chi connectivity index (χ2v) is 15.4. The molecule has 0 bridgehead atoms. The quantitative estimate of drug-likeness (QED) is 0.400. The molecule has 0 aliphatic heterocycles. The van der Waals surface area contributed by atoms with Gasteiger partial charge in [-0.05, 0) is 0 Å². The van der Waals surface area contributed by atoms with Gasteiger partial charge in [0, 0.05) is 0 Å². The van der Waals surface area contributed by atoms with Crippen molar-refractivity contribution in [3.8, 4) is 0 Å². The number of hydrogen-bond donors (Lipinski definition) is 0. The Morgan fingerprint density at radius 1 is 0.833 bits per heavy atom. The average molecular weight is 623 g/mol. The van der Waals surface area contributed by atoms with Gasteiger partial charge in [0.2, 0.25) is 6.29 Å². The molecule has 0 N–H and O–H groups in total.